The first-order chi connectivity index (χ1) is 6.09. The van der Waals surface area contributed by atoms with Gasteiger partial charge >= 0.3 is 0 Å². The van der Waals surface area contributed by atoms with Crippen LogP contribution in [0.5, 0.6) is 0 Å². The Bertz CT molecular complexity index is 328. The predicted octanol–water partition coefficient (Wildman–Crippen LogP) is 1.60. The van der Waals surface area contributed by atoms with Crippen LogP contribution in [0.4, 0.5) is 0 Å². The smallest absolute Gasteiger partial charge is 0.266 e. The van der Waals surface area contributed by atoms with Crippen LogP contribution in [0, 0.1) is 12.8 Å². The summed E-state index contributed by atoms with van der Waals surface area (Å²) in [6.07, 6.45) is 2.72. The minimum absolute atomic E-state index is 0.000602. The van der Waals surface area contributed by atoms with Crippen LogP contribution in [0.2, 0.25) is 0 Å². The van der Waals surface area contributed by atoms with E-state index in [0.29, 0.717) is 5.92 Å². The van der Waals surface area contributed by atoms with E-state index in [9.17, 15) is 4.79 Å². The summed E-state index contributed by atoms with van der Waals surface area (Å²) in [7, 11) is 0. The van der Waals surface area contributed by atoms with E-state index < -0.39 is 0 Å². The van der Waals surface area contributed by atoms with Crippen LogP contribution in [-0.4, -0.2) is 9.78 Å². The minimum atomic E-state index is 0.000602. The molecule has 0 aliphatic heterocycles. The molecule has 0 spiro atoms. The SMILES string of the molecule is Cc1cnn(CCC(C)C)c(=O)c1. The van der Waals surface area contributed by atoms with E-state index in [1.54, 1.807) is 12.3 Å². The molecule has 0 saturated carbocycles. The molecule has 1 aromatic rings. The van der Waals surface area contributed by atoms with Crippen molar-refractivity contribution in [2.24, 2.45) is 5.92 Å². The molecule has 0 amide bonds. The second-order valence-electron chi connectivity index (χ2n) is 3.78. The molecule has 0 unspecified atom stereocenters. The molecular weight excluding hydrogens is 164 g/mol. The van der Waals surface area contributed by atoms with Crippen LogP contribution < -0.4 is 5.56 Å². The third-order valence-electron chi connectivity index (χ3n) is 1.92. The fourth-order valence-electron chi connectivity index (χ4n) is 1.07. The number of aryl methyl sites for hydroxylation is 2. The van der Waals surface area contributed by atoms with Gasteiger partial charge in [0.25, 0.3) is 5.56 Å². The number of rotatable bonds is 3. The van der Waals surface area contributed by atoms with Gasteiger partial charge in [0.2, 0.25) is 0 Å². The number of nitrogens with zero attached hydrogens (tertiary/aromatic N) is 2. The van der Waals surface area contributed by atoms with Gasteiger partial charge in [-0.3, -0.25) is 4.79 Å². The zero-order valence-electron chi connectivity index (χ0n) is 8.45. The van der Waals surface area contributed by atoms with E-state index in [1.165, 1.54) is 4.68 Å². The second-order valence-corrected chi connectivity index (χ2v) is 3.78. The maximum absolute atomic E-state index is 11.4. The number of hydrogen-bond acceptors (Lipinski definition) is 2. The summed E-state index contributed by atoms with van der Waals surface area (Å²) < 4.78 is 1.52. The molecule has 1 heterocycles. The monoisotopic (exact) mass is 180 g/mol. The molecule has 0 radical (unpaired) electrons. The van der Waals surface area contributed by atoms with E-state index in [-0.39, 0.29) is 5.56 Å². The fourth-order valence-corrected chi connectivity index (χ4v) is 1.07. The van der Waals surface area contributed by atoms with Gasteiger partial charge in [0.1, 0.15) is 0 Å². The quantitative estimate of drug-likeness (QED) is 0.708. The van der Waals surface area contributed by atoms with Gasteiger partial charge in [0.15, 0.2) is 0 Å². The third kappa shape index (κ3) is 3.01. The van der Waals surface area contributed by atoms with Crippen molar-refractivity contribution in [1.82, 2.24) is 9.78 Å². The molecule has 0 saturated heterocycles. The Morgan fingerprint density at radius 2 is 2.23 bits per heavy atom. The molecule has 0 atom stereocenters. The topological polar surface area (TPSA) is 34.9 Å². The average Bonchev–Trinajstić information content (AvgIpc) is 2.02. The zero-order chi connectivity index (χ0) is 9.84. The molecule has 1 rings (SSSR count). The van der Waals surface area contributed by atoms with Gasteiger partial charge in [-0.2, -0.15) is 5.10 Å². The molecule has 13 heavy (non-hydrogen) atoms. The van der Waals surface area contributed by atoms with Crippen molar-refractivity contribution in [3.63, 3.8) is 0 Å². The van der Waals surface area contributed by atoms with Crippen LogP contribution in [0.25, 0.3) is 0 Å². The molecule has 72 valence electrons. The molecule has 0 fully saturated rings. The lowest BCUT2D eigenvalue weighted by atomic mass is 10.1. The van der Waals surface area contributed by atoms with Gasteiger partial charge < -0.3 is 0 Å². The van der Waals surface area contributed by atoms with Gasteiger partial charge in [0, 0.05) is 12.6 Å². The largest absolute Gasteiger partial charge is 0.268 e. The van der Waals surface area contributed by atoms with Crippen LogP contribution in [-0.2, 0) is 6.54 Å². The van der Waals surface area contributed by atoms with Gasteiger partial charge in [-0.15, -0.1) is 0 Å². The molecule has 0 aromatic carbocycles. The summed E-state index contributed by atoms with van der Waals surface area (Å²) in [5.41, 5.74) is 0.923. The molecule has 0 N–H and O–H groups in total. The van der Waals surface area contributed by atoms with Gasteiger partial charge in [-0.25, -0.2) is 4.68 Å². The Kier molecular flexibility index (Phi) is 3.23. The molecule has 0 aliphatic carbocycles. The average molecular weight is 180 g/mol. The van der Waals surface area contributed by atoms with Crippen molar-refractivity contribution in [2.75, 3.05) is 0 Å². The van der Waals surface area contributed by atoms with Crippen LogP contribution in [0.15, 0.2) is 17.1 Å². The lowest BCUT2D eigenvalue weighted by Crippen LogP contribution is -2.22. The summed E-state index contributed by atoms with van der Waals surface area (Å²) in [6, 6.07) is 1.62. The van der Waals surface area contributed by atoms with Crippen molar-refractivity contribution in [1.29, 1.82) is 0 Å². The second kappa shape index (κ2) is 4.21. The standard InChI is InChI=1S/C10H16N2O/c1-8(2)4-5-12-10(13)6-9(3)7-11-12/h6-8H,4-5H2,1-3H3. The maximum Gasteiger partial charge on any atom is 0.266 e. The van der Waals surface area contributed by atoms with Gasteiger partial charge in [-0.05, 0) is 24.8 Å². The zero-order valence-corrected chi connectivity index (χ0v) is 8.45. The molecular formula is C10H16N2O. The third-order valence-corrected chi connectivity index (χ3v) is 1.92. The molecule has 1 aromatic heterocycles. The Morgan fingerprint density at radius 3 is 2.77 bits per heavy atom. The van der Waals surface area contributed by atoms with Crippen LogP contribution in [0.3, 0.4) is 0 Å². The van der Waals surface area contributed by atoms with Crippen molar-refractivity contribution in [2.45, 2.75) is 33.7 Å². The highest BCUT2D eigenvalue weighted by Gasteiger charge is 1.99. The van der Waals surface area contributed by atoms with Crippen molar-refractivity contribution >= 4 is 0 Å². The number of aromatic nitrogens is 2. The van der Waals surface area contributed by atoms with E-state index in [2.05, 4.69) is 18.9 Å². The maximum atomic E-state index is 11.4. The van der Waals surface area contributed by atoms with E-state index in [0.717, 1.165) is 18.5 Å². The first kappa shape index (κ1) is 9.96. The molecule has 3 nitrogen and oxygen atoms in total. The summed E-state index contributed by atoms with van der Waals surface area (Å²) in [6.45, 7) is 6.87. The first-order valence-corrected chi connectivity index (χ1v) is 4.63. The molecule has 3 heteroatoms. The van der Waals surface area contributed by atoms with Crippen molar-refractivity contribution in [3.8, 4) is 0 Å². The van der Waals surface area contributed by atoms with E-state index >= 15 is 0 Å². The highest BCUT2D eigenvalue weighted by molar-refractivity contribution is 5.02. The van der Waals surface area contributed by atoms with Gasteiger partial charge in [0.05, 0.1) is 6.20 Å². The Labute approximate surface area is 78.4 Å². The summed E-state index contributed by atoms with van der Waals surface area (Å²) in [5, 5.41) is 4.05. The predicted molar refractivity (Wildman–Crippen MR) is 52.7 cm³/mol. The molecule has 0 aliphatic rings. The summed E-state index contributed by atoms with van der Waals surface area (Å²) >= 11 is 0. The Hall–Kier alpha value is -1.12. The van der Waals surface area contributed by atoms with Crippen LogP contribution in [0.1, 0.15) is 25.8 Å². The highest BCUT2D eigenvalue weighted by Crippen LogP contribution is 1.99. The lowest BCUT2D eigenvalue weighted by Gasteiger charge is -2.06. The number of hydrogen-bond donors (Lipinski definition) is 0. The van der Waals surface area contributed by atoms with Crippen molar-refractivity contribution in [3.05, 3.63) is 28.2 Å². The molecule has 0 bridgehead atoms. The fraction of sp³-hybridized carbons (Fsp3) is 0.600. The first-order valence-electron chi connectivity index (χ1n) is 4.63. The van der Waals surface area contributed by atoms with E-state index in [1.807, 2.05) is 6.92 Å². The summed E-state index contributed by atoms with van der Waals surface area (Å²) in [5.74, 6) is 0.606. The van der Waals surface area contributed by atoms with Crippen molar-refractivity contribution < 1.29 is 0 Å². The van der Waals surface area contributed by atoms with Crippen LogP contribution >= 0.6 is 0 Å². The lowest BCUT2D eigenvalue weighted by molar-refractivity contribution is 0.471. The van der Waals surface area contributed by atoms with E-state index in [4.69, 9.17) is 0 Å². The Balaban J connectivity index is 2.73. The minimum Gasteiger partial charge on any atom is -0.268 e. The highest BCUT2D eigenvalue weighted by atomic mass is 16.1. The Morgan fingerprint density at radius 1 is 1.54 bits per heavy atom. The summed E-state index contributed by atoms with van der Waals surface area (Å²) in [4.78, 5) is 11.4. The van der Waals surface area contributed by atoms with Gasteiger partial charge in [-0.1, -0.05) is 13.8 Å². The normalized spacial score (nSPS) is 10.8.